The molecule has 0 aromatic heterocycles. The van der Waals surface area contributed by atoms with Crippen LogP contribution in [0.5, 0.6) is 0 Å². The number of hydrogen-bond donors (Lipinski definition) is 1. The van der Waals surface area contributed by atoms with Gasteiger partial charge >= 0.3 is 0 Å². The molecule has 1 unspecified atom stereocenters. The topological polar surface area (TPSA) is 35.6 Å². The van der Waals surface area contributed by atoms with Crippen LogP contribution in [-0.2, 0) is 4.79 Å². The van der Waals surface area contributed by atoms with E-state index in [1.165, 1.54) is 39.0 Å². The Morgan fingerprint density at radius 2 is 1.80 bits per heavy atom. The summed E-state index contributed by atoms with van der Waals surface area (Å²) in [6.45, 7) is 10.8. The monoisotopic (exact) mass is 277 g/mol. The van der Waals surface area contributed by atoms with E-state index in [1.807, 2.05) is 4.90 Å². The molecule has 20 heavy (non-hydrogen) atoms. The minimum absolute atomic E-state index is 0.366. The second-order valence-electron chi connectivity index (χ2n) is 7.48. The smallest absolute Gasteiger partial charge is 0.226 e. The molecule has 0 bridgehead atoms. The van der Waals surface area contributed by atoms with Gasteiger partial charge in [0.05, 0.1) is 0 Å². The van der Waals surface area contributed by atoms with Crippen molar-refractivity contribution in [3.05, 3.63) is 0 Å². The molecule has 0 aromatic rings. The van der Waals surface area contributed by atoms with Crippen LogP contribution in [-0.4, -0.2) is 61.0 Å². The Balaban J connectivity index is 1.28. The molecule has 4 fully saturated rings. The van der Waals surface area contributed by atoms with Gasteiger partial charge in [0.1, 0.15) is 0 Å². The second-order valence-corrected chi connectivity index (χ2v) is 7.48. The number of piperidine rings is 1. The maximum absolute atomic E-state index is 12.4. The van der Waals surface area contributed by atoms with Gasteiger partial charge < -0.3 is 10.2 Å². The standard InChI is InChI=1S/C16H27N3O/c1-3-18(4-2)15(20)14-12-7-19(8-13(12)14)11-5-16(6-11)9-17-10-16/h11-14,17H,3-10H2,1-2H3/t12-,13+,14?. The van der Waals surface area contributed by atoms with Gasteiger partial charge in [0.25, 0.3) is 0 Å². The van der Waals surface area contributed by atoms with Crippen molar-refractivity contribution in [3.63, 3.8) is 0 Å². The Kier molecular flexibility index (Phi) is 2.90. The van der Waals surface area contributed by atoms with Crippen LogP contribution in [0.25, 0.3) is 0 Å². The Labute approximate surface area is 121 Å². The minimum atomic E-state index is 0.366. The molecule has 2 saturated heterocycles. The highest BCUT2D eigenvalue weighted by Gasteiger charge is 2.62. The van der Waals surface area contributed by atoms with E-state index in [0.717, 1.165) is 19.1 Å². The summed E-state index contributed by atoms with van der Waals surface area (Å²) in [4.78, 5) is 17.1. The predicted molar refractivity (Wildman–Crippen MR) is 78.3 cm³/mol. The van der Waals surface area contributed by atoms with E-state index in [0.29, 0.717) is 29.1 Å². The highest BCUT2D eigenvalue weighted by Crippen LogP contribution is 2.56. The number of hydrogen-bond acceptors (Lipinski definition) is 3. The maximum Gasteiger partial charge on any atom is 0.226 e. The zero-order chi connectivity index (χ0) is 13.9. The number of amides is 1. The van der Waals surface area contributed by atoms with Crippen LogP contribution in [0.15, 0.2) is 0 Å². The molecule has 112 valence electrons. The van der Waals surface area contributed by atoms with Gasteiger partial charge in [0, 0.05) is 51.2 Å². The lowest BCUT2D eigenvalue weighted by molar-refractivity contribution is -0.133. The van der Waals surface area contributed by atoms with E-state index in [-0.39, 0.29) is 0 Å². The number of nitrogens with one attached hydrogen (secondary N) is 1. The average Bonchev–Trinajstić information content (AvgIpc) is 2.83. The molecule has 0 radical (unpaired) electrons. The van der Waals surface area contributed by atoms with E-state index in [1.54, 1.807) is 0 Å². The Bertz CT molecular complexity index is 396. The molecule has 4 nitrogen and oxygen atoms in total. The van der Waals surface area contributed by atoms with Crippen molar-refractivity contribution in [1.82, 2.24) is 15.1 Å². The van der Waals surface area contributed by atoms with Gasteiger partial charge in [-0.3, -0.25) is 9.69 Å². The van der Waals surface area contributed by atoms with E-state index in [4.69, 9.17) is 0 Å². The van der Waals surface area contributed by atoms with Crippen LogP contribution in [0.2, 0.25) is 0 Å². The van der Waals surface area contributed by atoms with E-state index in [9.17, 15) is 4.79 Å². The van der Waals surface area contributed by atoms with E-state index < -0.39 is 0 Å². The molecule has 2 aliphatic carbocycles. The van der Waals surface area contributed by atoms with Gasteiger partial charge in [-0.25, -0.2) is 0 Å². The summed E-state index contributed by atoms with van der Waals surface area (Å²) in [5.41, 5.74) is 0.674. The van der Waals surface area contributed by atoms with Crippen molar-refractivity contribution in [3.8, 4) is 0 Å². The number of carbonyl (C=O) groups is 1. The molecule has 1 amide bonds. The van der Waals surface area contributed by atoms with Gasteiger partial charge in [-0.2, -0.15) is 0 Å². The van der Waals surface area contributed by atoms with Crippen LogP contribution < -0.4 is 5.32 Å². The number of rotatable bonds is 4. The zero-order valence-corrected chi connectivity index (χ0v) is 12.8. The summed E-state index contributed by atoms with van der Waals surface area (Å²) < 4.78 is 0. The molecule has 3 atom stereocenters. The maximum atomic E-state index is 12.4. The van der Waals surface area contributed by atoms with Gasteiger partial charge in [0.15, 0.2) is 0 Å². The molecule has 2 saturated carbocycles. The molecule has 1 spiro atoms. The van der Waals surface area contributed by atoms with Gasteiger partial charge in [-0.05, 0) is 43.9 Å². The minimum Gasteiger partial charge on any atom is -0.343 e. The lowest BCUT2D eigenvalue weighted by Gasteiger charge is -2.57. The summed E-state index contributed by atoms with van der Waals surface area (Å²) in [5, 5.41) is 3.41. The summed E-state index contributed by atoms with van der Waals surface area (Å²) in [5.74, 6) is 2.15. The Hall–Kier alpha value is -0.610. The van der Waals surface area contributed by atoms with Gasteiger partial charge in [-0.15, -0.1) is 0 Å². The van der Waals surface area contributed by atoms with Crippen molar-refractivity contribution in [2.75, 3.05) is 39.3 Å². The average molecular weight is 277 g/mol. The van der Waals surface area contributed by atoms with Crippen LogP contribution in [0.4, 0.5) is 0 Å². The van der Waals surface area contributed by atoms with Crippen molar-refractivity contribution in [2.45, 2.75) is 32.7 Å². The fourth-order valence-corrected chi connectivity index (χ4v) is 4.93. The first-order chi connectivity index (χ1) is 9.67. The quantitative estimate of drug-likeness (QED) is 0.825. The zero-order valence-electron chi connectivity index (χ0n) is 12.8. The third-order valence-electron chi connectivity index (χ3n) is 6.44. The fourth-order valence-electron chi connectivity index (χ4n) is 4.93. The first-order valence-electron chi connectivity index (χ1n) is 8.41. The van der Waals surface area contributed by atoms with Crippen LogP contribution >= 0.6 is 0 Å². The molecule has 4 aliphatic rings. The van der Waals surface area contributed by atoms with Crippen LogP contribution in [0.3, 0.4) is 0 Å². The molecule has 4 rings (SSSR count). The molecular weight excluding hydrogens is 250 g/mol. The van der Waals surface area contributed by atoms with Crippen molar-refractivity contribution < 1.29 is 4.79 Å². The Morgan fingerprint density at radius 3 is 2.25 bits per heavy atom. The predicted octanol–water partition coefficient (Wildman–Crippen LogP) is 0.785. The lowest BCUT2D eigenvalue weighted by atomic mass is 9.61. The number of carbonyl (C=O) groups excluding carboxylic acids is 1. The summed E-state index contributed by atoms with van der Waals surface area (Å²) in [7, 11) is 0. The van der Waals surface area contributed by atoms with E-state index >= 15 is 0 Å². The molecule has 4 heteroatoms. The first-order valence-corrected chi connectivity index (χ1v) is 8.41. The molecule has 2 heterocycles. The van der Waals surface area contributed by atoms with Crippen molar-refractivity contribution in [2.24, 2.45) is 23.2 Å². The molecular formula is C16H27N3O. The highest BCUT2D eigenvalue weighted by molar-refractivity contribution is 5.82. The number of fused-ring (bicyclic) bond motifs is 1. The van der Waals surface area contributed by atoms with Gasteiger partial charge in [-0.1, -0.05) is 0 Å². The van der Waals surface area contributed by atoms with Gasteiger partial charge in [0.2, 0.25) is 5.91 Å². The fraction of sp³-hybridized carbons (Fsp3) is 0.938. The highest BCUT2D eigenvalue weighted by atomic mass is 16.2. The third-order valence-corrected chi connectivity index (χ3v) is 6.44. The van der Waals surface area contributed by atoms with Crippen LogP contribution in [0, 0.1) is 23.2 Å². The SMILES string of the molecule is CCN(CC)C(=O)C1[C@H]2CN(C3CC4(CNC4)C3)C[C@@H]12. The molecule has 0 aromatic carbocycles. The summed E-state index contributed by atoms with van der Waals surface area (Å²) in [6.07, 6.45) is 2.79. The number of likely N-dealkylation sites (tertiary alicyclic amines) is 1. The molecule has 1 N–H and O–H groups in total. The van der Waals surface area contributed by atoms with E-state index in [2.05, 4.69) is 24.1 Å². The molecule has 2 aliphatic heterocycles. The summed E-state index contributed by atoms with van der Waals surface area (Å²) >= 11 is 0. The van der Waals surface area contributed by atoms with Crippen molar-refractivity contribution >= 4 is 5.91 Å². The van der Waals surface area contributed by atoms with Crippen molar-refractivity contribution in [1.29, 1.82) is 0 Å². The normalized spacial score (nSPS) is 38.2. The number of nitrogens with zero attached hydrogens (tertiary/aromatic N) is 2. The largest absolute Gasteiger partial charge is 0.343 e. The Morgan fingerprint density at radius 1 is 1.20 bits per heavy atom. The first kappa shape index (κ1) is 13.1. The second kappa shape index (κ2) is 4.44. The summed E-state index contributed by atoms with van der Waals surface area (Å²) in [6, 6.07) is 0.828. The lowest BCUT2D eigenvalue weighted by Crippen LogP contribution is -2.65. The third kappa shape index (κ3) is 1.77. The van der Waals surface area contributed by atoms with Crippen LogP contribution in [0.1, 0.15) is 26.7 Å².